The Labute approximate surface area is 175 Å². The van der Waals surface area contributed by atoms with Gasteiger partial charge in [-0.15, -0.1) is 4.73 Å². The van der Waals surface area contributed by atoms with Crippen molar-refractivity contribution in [2.75, 3.05) is 6.61 Å². The molecular weight excluding hydrogens is 509 g/mol. The summed E-state index contributed by atoms with van der Waals surface area (Å²) in [4.78, 5) is 58.5. The minimum absolute atomic E-state index is 0.260. The number of ether oxygens (including phenoxy) is 1. The predicted molar refractivity (Wildman–Crippen MR) is 95.3 cm³/mol. The number of aliphatic hydroxyl groups is 3. The summed E-state index contributed by atoms with van der Waals surface area (Å²) < 4.78 is 54.6. The van der Waals surface area contributed by atoms with Gasteiger partial charge >= 0.3 is 28.8 Å². The van der Waals surface area contributed by atoms with Gasteiger partial charge in [-0.25, -0.2) is 23.6 Å². The number of rotatable bonds is 8. The average molecular weight is 524 g/mol. The average Bonchev–Trinajstić information content (AvgIpc) is 3.15. The Morgan fingerprint density at radius 3 is 2.38 bits per heavy atom. The number of phosphoric acid groups is 2. The number of aromatic amines is 1. The first-order valence-corrected chi connectivity index (χ1v) is 12.6. The SMILES string of the molecule is O=c1[nH]cnc2c1ncn2OP(=O)(OC1(P(=O)(O)O)O[C@H](CO)[C@@H](O)[C@H]1O)OP(=O)(O)O. The van der Waals surface area contributed by atoms with E-state index < -0.39 is 70.4 Å². The quantitative estimate of drug-likeness (QED) is 0.157. The maximum Gasteiger partial charge on any atom is 0.561 e. The van der Waals surface area contributed by atoms with Crippen LogP contribution in [0.5, 0.6) is 0 Å². The lowest BCUT2D eigenvalue weighted by Crippen LogP contribution is -2.45. The summed E-state index contributed by atoms with van der Waals surface area (Å²) in [5, 5.41) is 29.2. The second kappa shape index (κ2) is 8.34. The van der Waals surface area contributed by atoms with Crippen LogP contribution in [0.3, 0.4) is 0 Å². The molecule has 0 saturated carbocycles. The molecule has 2 aromatic heterocycles. The molecule has 22 heteroatoms. The van der Waals surface area contributed by atoms with Crippen molar-refractivity contribution in [2.24, 2.45) is 0 Å². The minimum Gasteiger partial charge on any atom is -0.394 e. The summed E-state index contributed by atoms with van der Waals surface area (Å²) in [5.41, 5.74) is -5.52. The molecule has 0 bridgehead atoms. The van der Waals surface area contributed by atoms with Gasteiger partial charge in [0.1, 0.15) is 24.6 Å². The first-order valence-electron chi connectivity index (χ1n) is 8.01. The molecule has 1 aliphatic heterocycles. The molecule has 0 amide bonds. The minimum atomic E-state index is -5.94. The third-order valence-corrected chi connectivity index (χ3v) is 7.87. The topological polar surface area (TPSA) is 293 Å². The first kappa shape index (κ1) is 25.1. The number of nitrogens with one attached hydrogen (secondary N) is 1. The van der Waals surface area contributed by atoms with E-state index in [4.69, 9.17) is 19.1 Å². The van der Waals surface area contributed by atoms with Gasteiger partial charge in [-0.2, -0.15) is 4.31 Å². The van der Waals surface area contributed by atoms with E-state index in [1.54, 1.807) is 0 Å². The van der Waals surface area contributed by atoms with E-state index in [1.807, 2.05) is 0 Å². The third kappa shape index (κ3) is 4.57. The van der Waals surface area contributed by atoms with Gasteiger partial charge in [-0.1, -0.05) is 0 Å². The van der Waals surface area contributed by atoms with Gasteiger partial charge in [0, 0.05) is 0 Å². The summed E-state index contributed by atoms with van der Waals surface area (Å²) in [6.07, 6.45) is -5.38. The zero-order valence-electron chi connectivity index (χ0n) is 15.2. The predicted octanol–water partition coefficient (Wildman–Crippen LogP) is -3.27. The van der Waals surface area contributed by atoms with Crippen molar-refractivity contribution in [2.45, 2.75) is 23.8 Å². The van der Waals surface area contributed by atoms with Crippen LogP contribution in [0.15, 0.2) is 17.4 Å². The number of H-pyrrole nitrogens is 1. The van der Waals surface area contributed by atoms with Crippen LogP contribution in [0.4, 0.5) is 0 Å². The summed E-state index contributed by atoms with van der Waals surface area (Å²) in [5.74, 6) is 0. The molecule has 0 spiro atoms. The Morgan fingerprint density at radius 1 is 1.19 bits per heavy atom. The Morgan fingerprint density at radius 2 is 1.84 bits per heavy atom. The monoisotopic (exact) mass is 524 g/mol. The molecule has 5 atom stereocenters. The van der Waals surface area contributed by atoms with E-state index in [0.29, 0.717) is 6.33 Å². The zero-order valence-corrected chi connectivity index (χ0v) is 17.9. The number of fused-ring (bicyclic) bond motifs is 1. The van der Waals surface area contributed by atoms with Crippen molar-refractivity contribution < 1.29 is 66.8 Å². The van der Waals surface area contributed by atoms with Crippen molar-refractivity contribution in [3.05, 3.63) is 23.0 Å². The highest BCUT2D eigenvalue weighted by molar-refractivity contribution is 7.62. The molecule has 1 aliphatic rings. The second-order valence-electron chi connectivity index (χ2n) is 6.12. The highest BCUT2D eigenvalue weighted by Crippen LogP contribution is 2.68. The zero-order chi connectivity index (χ0) is 24.1. The van der Waals surface area contributed by atoms with Crippen LogP contribution in [0.25, 0.3) is 11.2 Å². The molecule has 0 aliphatic carbocycles. The molecular formula is C10H15N4O15P3. The number of aliphatic hydroxyl groups excluding tert-OH is 3. The van der Waals surface area contributed by atoms with Crippen LogP contribution in [-0.2, 0) is 27.3 Å². The molecule has 8 N–H and O–H groups in total. The molecule has 2 aromatic rings. The summed E-state index contributed by atoms with van der Waals surface area (Å²) in [7, 11) is -17.7. The second-order valence-corrected chi connectivity index (χ2v) is 10.7. The van der Waals surface area contributed by atoms with E-state index >= 15 is 0 Å². The van der Waals surface area contributed by atoms with Crippen molar-refractivity contribution in [1.82, 2.24) is 19.7 Å². The Balaban J connectivity index is 2.11. The van der Waals surface area contributed by atoms with Crippen molar-refractivity contribution >= 4 is 34.4 Å². The number of hydrogen-bond acceptors (Lipinski definition) is 13. The van der Waals surface area contributed by atoms with Gasteiger partial charge in [0.25, 0.3) is 5.56 Å². The smallest absolute Gasteiger partial charge is 0.394 e. The first-order chi connectivity index (χ1) is 14.6. The van der Waals surface area contributed by atoms with Crippen molar-refractivity contribution in [1.29, 1.82) is 0 Å². The Bertz CT molecular complexity index is 1200. The molecule has 3 rings (SSSR count). The highest BCUT2D eigenvalue weighted by atomic mass is 31.3. The normalized spacial score (nSPS) is 28.7. The fourth-order valence-corrected chi connectivity index (χ4v) is 6.25. The molecule has 0 aromatic carbocycles. The van der Waals surface area contributed by atoms with Gasteiger partial charge in [-0.3, -0.25) is 9.36 Å². The fraction of sp³-hybridized carbons (Fsp3) is 0.500. The van der Waals surface area contributed by atoms with Crippen LogP contribution in [0.2, 0.25) is 0 Å². The molecule has 19 nitrogen and oxygen atoms in total. The molecule has 0 radical (unpaired) electrons. The molecule has 1 fully saturated rings. The van der Waals surface area contributed by atoms with Crippen LogP contribution >= 0.6 is 23.2 Å². The molecule has 32 heavy (non-hydrogen) atoms. The summed E-state index contributed by atoms with van der Waals surface area (Å²) >= 11 is 0. The van der Waals surface area contributed by atoms with Crippen molar-refractivity contribution in [3.8, 4) is 0 Å². The highest BCUT2D eigenvalue weighted by Gasteiger charge is 2.69. The van der Waals surface area contributed by atoms with Gasteiger partial charge in [0.2, 0.25) is 5.65 Å². The van der Waals surface area contributed by atoms with Gasteiger partial charge < -0.3 is 49.2 Å². The Kier molecular flexibility index (Phi) is 6.53. The van der Waals surface area contributed by atoms with Crippen LogP contribution < -0.4 is 10.2 Å². The van der Waals surface area contributed by atoms with E-state index in [2.05, 4.69) is 23.8 Å². The van der Waals surface area contributed by atoms with Gasteiger partial charge in [0.15, 0.2) is 5.52 Å². The fourth-order valence-electron chi connectivity index (χ4n) is 2.62. The molecule has 1 saturated heterocycles. The lowest BCUT2D eigenvalue weighted by molar-refractivity contribution is -0.174. The van der Waals surface area contributed by atoms with Gasteiger partial charge in [0.05, 0.1) is 12.9 Å². The maximum absolute atomic E-state index is 13.1. The number of hydrogen-bond donors (Lipinski definition) is 8. The van der Waals surface area contributed by atoms with Crippen molar-refractivity contribution in [3.63, 3.8) is 0 Å². The number of nitrogens with zero attached hydrogens (tertiary/aromatic N) is 3. The molecule has 3 heterocycles. The summed E-state index contributed by atoms with van der Waals surface area (Å²) in [6.45, 7) is -1.12. The van der Waals surface area contributed by atoms with Crippen LogP contribution in [-0.4, -0.2) is 85.0 Å². The maximum atomic E-state index is 13.1. The third-order valence-electron chi connectivity index (χ3n) is 3.93. The number of imidazole rings is 1. The van der Waals surface area contributed by atoms with E-state index in [9.17, 15) is 43.6 Å². The van der Waals surface area contributed by atoms with Crippen LogP contribution in [0.1, 0.15) is 0 Å². The lowest BCUT2D eigenvalue weighted by Gasteiger charge is -2.33. The lowest BCUT2D eigenvalue weighted by atomic mass is 10.1. The van der Waals surface area contributed by atoms with E-state index in [0.717, 1.165) is 6.33 Å². The van der Waals surface area contributed by atoms with E-state index in [1.165, 1.54) is 0 Å². The standard InChI is InChI=1S/C10H15N4O15P3/c15-1-4-6(16)7(17)10(26-4,30(19,20)21)27-32(25,29-31(22,23)24)28-14-3-13-5-8(14)11-2-12-9(5)18/h2-4,6-7,15-17H,1H2,(H,11,12,18)(H2,19,20,21)(H2,22,23,24)/t4-,6-,7-,10?,32?/m1/s1. The number of aromatic nitrogens is 4. The Hall–Kier alpha value is -1.56. The van der Waals surface area contributed by atoms with Gasteiger partial charge in [-0.05, 0) is 0 Å². The molecule has 2 unspecified atom stereocenters. The van der Waals surface area contributed by atoms with E-state index in [-0.39, 0.29) is 4.73 Å². The van der Waals surface area contributed by atoms with Crippen LogP contribution in [0, 0.1) is 0 Å². The largest absolute Gasteiger partial charge is 0.561 e. The molecule has 180 valence electrons. The summed E-state index contributed by atoms with van der Waals surface area (Å²) in [6, 6.07) is 0.